The topological polar surface area (TPSA) is 93.9 Å². The number of hydrogen-bond donors (Lipinski definition) is 2. The fourth-order valence-electron chi connectivity index (χ4n) is 3.08. The average molecular weight is 396 g/mol. The van der Waals surface area contributed by atoms with Gasteiger partial charge in [0.25, 0.3) is 0 Å². The molecule has 0 aliphatic carbocycles. The smallest absolute Gasteiger partial charge is 0.224 e. The Morgan fingerprint density at radius 3 is 2.78 bits per heavy atom. The lowest BCUT2D eigenvalue weighted by Crippen LogP contribution is -2.46. The van der Waals surface area contributed by atoms with Crippen LogP contribution in [0.2, 0.25) is 0 Å². The molecule has 1 aliphatic rings. The summed E-state index contributed by atoms with van der Waals surface area (Å²) in [6, 6.07) is 5.72. The Morgan fingerprint density at radius 1 is 1.30 bits per heavy atom. The van der Waals surface area contributed by atoms with Gasteiger partial charge in [-0.3, -0.25) is 9.59 Å². The molecule has 1 aromatic rings. The van der Waals surface area contributed by atoms with Crippen molar-refractivity contribution in [1.29, 1.82) is 0 Å². The van der Waals surface area contributed by atoms with Gasteiger partial charge in [-0.25, -0.2) is 0 Å². The predicted octanol–water partition coefficient (Wildman–Crippen LogP) is 1.50. The third-order valence-electron chi connectivity index (χ3n) is 4.53. The first-order valence-corrected chi connectivity index (χ1v) is 10.2. The van der Waals surface area contributed by atoms with E-state index in [0.29, 0.717) is 43.3 Å². The van der Waals surface area contributed by atoms with Crippen molar-refractivity contribution < 1.29 is 19.1 Å². The van der Waals surface area contributed by atoms with Crippen molar-refractivity contribution in [3.63, 3.8) is 0 Å². The lowest BCUT2D eigenvalue weighted by molar-refractivity contribution is -0.135. The second-order valence-corrected chi connectivity index (χ2v) is 7.54. The normalized spacial score (nSPS) is 16.7. The Hall–Kier alpha value is -1.93. The Bertz CT molecular complexity index is 641. The molecule has 2 amide bonds. The lowest BCUT2D eigenvalue weighted by atomic mass is 9.97. The van der Waals surface area contributed by atoms with Crippen LogP contribution in [-0.2, 0) is 9.59 Å². The zero-order chi connectivity index (χ0) is 19.6. The van der Waals surface area contributed by atoms with E-state index in [1.54, 1.807) is 26.0 Å². The molecule has 1 heterocycles. The Labute approximate surface area is 164 Å². The van der Waals surface area contributed by atoms with Gasteiger partial charge >= 0.3 is 0 Å². The number of rotatable bonds is 9. The van der Waals surface area contributed by atoms with E-state index in [2.05, 4.69) is 5.32 Å². The van der Waals surface area contributed by atoms with Crippen LogP contribution in [0.1, 0.15) is 19.3 Å². The van der Waals surface area contributed by atoms with Crippen molar-refractivity contribution in [2.45, 2.75) is 24.2 Å². The first-order valence-electron chi connectivity index (χ1n) is 9.19. The van der Waals surface area contributed by atoms with Crippen LogP contribution in [0.4, 0.5) is 0 Å². The molecule has 1 fully saturated rings. The number of hydrogen-bond acceptors (Lipinski definition) is 6. The summed E-state index contributed by atoms with van der Waals surface area (Å²) in [5.74, 6) is 2.00. The largest absolute Gasteiger partial charge is 0.493 e. The third kappa shape index (κ3) is 6.32. The number of nitrogens with zero attached hydrogens (tertiary/aromatic N) is 1. The highest BCUT2D eigenvalue weighted by Gasteiger charge is 2.27. The van der Waals surface area contributed by atoms with Crippen molar-refractivity contribution in [2.24, 2.45) is 11.7 Å². The monoisotopic (exact) mass is 395 g/mol. The van der Waals surface area contributed by atoms with Crippen molar-refractivity contribution in [3.05, 3.63) is 18.2 Å². The SMILES string of the molecule is COc1ccc(SCCC(=O)N2CCCC(C(=O)NCCN)C2)cc1OC. The molecular formula is C19H29N3O4S. The van der Waals surface area contributed by atoms with Crippen LogP contribution in [0.3, 0.4) is 0 Å². The van der Waals surface area contributed by atoms with Gasteiger partial charge in [0, 0.05) is 43.2 Å². The summed E-state index contributed by atoms with van der Waals surface area (Å²) < 4.78 is 10.5. The zero-order valence-corrected chi connectivity index (χ0v) is 16.8. The molecule has 27 heavy (non-hydrogen) atoms. The van der Waals surface area contributed by atoms with Crippen LogP contribution in [0.25, 0.3) is 0 Å². The molecule has 1 saturated heterocycles. The molecule has 0 radical (unpaired) electrons. The first kappa shape index (κ1) is 21.4. The molecule has 1 aromatic carbocycles. The highest BCUT2D eigenvalue weighted by Crippen LogP contribution is 2.32. The minimum Gasteiger partial charge on any atom is -0.493 e. The van der Waals surface area contributed by atoms with Crippen LogP contribution in [0.5, 0.6) is 11.5 Å². The molecule has 0 aromatic heterocycles. The minimum absolute atomic E-state index is 0.00217. The van der Waals surface area contributed by atoms with Crippen LogP contribution < -0.4 is 20.5 Å². The van der Waals surface area contributed by atoms with Gasteiger partial charge in [0.1, 0.15) is 0 Å². The number of ether oxygens (including phenoxy) is 2. The van der Waals surface area contributed by atoms with Gasteiger partial charge in [-0.2, -0.15) is 0 Å². The van der Waals surface area contributed by atoms with Crippen LogP contribution in [-0.4, -0.2) is 62.9 Å². The Balaban J connectivity index is 1.80. The summed E-state index contributed by atoms with van der Waals surface area (Å²) in [5, 5.41) is 2.82. The molecule has 1 aliphatic heterocycles. The fraction of sp³-hybridized carbons (Fsp3) is 0.579. The number of methoxy groups -OCH3 is 2. The number of carbonyl (C=O) groups excluding carboxylic acids is 2. The van der Waals surface area contributed by atoms with E-state index >= 15 is 0 Å². The average Bonchev–Trinajstić information content (AvgIpc) is 2.71. The van der Waals surface area contributed by atoms with Gasteiger partial charge in [0.05, 0.1) is 20.1 Å². The third-order valence-corrected chi connectivity index (χ3v) is 5.52. The van der Waals surface area contributed by atoms with Crippen molar-refractivity contribution in [3.8, 4) is 11.5 Å². The standard InChI is InChI=1S/C19H29N3O4S/c1-25-16-6-5-15(12-17(16)26-2)27-11-7-18(23)22-10-3-4-14(13-22)19(24)21-9-8-20/h5-6,12,14H,3-4,7-11,13,20H2,1-2H3,(H,21,24). The summed E-state index contributed by atoms with van der Waals surface area (Å²) >= 11 is 1.60. The Kier molecular flexibility index (Phi) is 8.74. The molecule has 1 unspecified atom stereocenters. The highest BCUT2D eigenvalue weighted by atomic mass is 32.2. The molecule has 0 spiro atoms. The summed E-state index contributed by atoms with van der Waals surface area (Å²) in [7, 11) is 3.21. The van der Waals surface area contributed by atoms with Crippen molar-refractivity contribution in [1.82, 2.24) is 10.2 Å². The van der Waals surface area contributed by atoms with Crippen LogP contribution in [0, 0.1) is 5.92 Å². The number of benzene rings is 1. The van der Waals surface area contributed by atoms with Gasteiger partial charge in [-0.1, -0.05) is 0 Å². The van der Waals surface area contributed by atoms with E-state index in [9.17, 15) is 9.59 Å². The van der Waals surface area contributed by atoms with Gasteiger partial charge < -0.3 is 25.4 Å². The van der Waals surface area contributed by atoms with Crippen LogP contribution >= 0.6 is 11.8 Å². The maximum Gasteiger partial charge on any atom is 0.224 e. The summed E-state index contributed by atoms with van der Waals surface area (Å²) in [6.45, 7) is 2.12. The minimum atomic E-state index is -0.132. The maximum atomic E-state index is 12.5. The van der Waals surface area contributed by atoms with E-state index in [4.69, 9.17) is 15.2 Å². The summed E-state index contributed by atoms with van der Waals surface area (Å²) in [5.41, 5.74) is 5.42. The van der Waals surface area contributed by atoms with E-state index in [1.807, 2.05) is 23.1 Å². The first-order chi connectivity index (χ1) is 13.1. The summed E-state index contributed by atoms with van der Waals surface area (Å²) in [6.07, 6.45) is 2.12. The fourth-order valence-corrected chi connectivity index (χ4v) is 3.95. The van der Waals surface area contributed by atoms with Crippen LogP contribution in [0.15, 0.2) is 23.1 Å². The van der Waals surface area contributed by atoms with Crippen molar-refractivity contribution in [2.75, 3.05) is 46.2 Å². The van der Waals surface area contributed by atoms with Gasteiger partial charge in [-0.05, 0) is 31.0 Å². The number of likely N-dealkylation sites (tertiary alicyclic amines) is 1. The molecule has 150 valence electrons. The number of nitrogens with one attached hydrogen (secondary N) is 1. The van der Waals surface area contributed by atoms with E-state index in [-0.39, 0.29) is 17.7 Å². The number of amides is 2. The molecule has 2 rings (SSSR count). The Morgan fingerprint density at radius 2 is 2.07 bits per heavy atom. The quantitative estimate of drug-likeness (QED) is 0.616. The molecule has 7 nitrogen and oxygen atoms in total. The van der Waals surface area contributed by atoms with Crippen molar-refractivity contribution >= 4 is 23.6 Å². The molecule has 0 saturated carbocycles. The zero-order valence-electron chi connectivity index (χ0n) is 16.0. The molecule has 0 bridgehead atoms. The van der Waals surface area contributed by atoms with E-state index in [0.717, 1.165) is 24.3 Å². The molecule has 8 heteroatoms. The number of piperidine rings is 1. The second kappa shape index (κ2) is 11.0. The lowest BCUT2D eigenvalue weighted by Gasteiger charge is -2.32. The number of nitrogens with two attached hydrogens (primary N) is 1. The second-order valence-electron chi connectivity index (χ2n) is 6.37. The molecular weight excluding hydrogens is 366 g/mol. The predicted molar refractivity (Wildman–Crippen MR) is 106 cm³/mol. The molecule has 1 atom stereocenters. The molecule has 3 N–H and O–H groups in total. The number of carbonyl (C=O) groups is 2. The summed E-state index contributed by atoms with van der Waals surface area (Å²) in [4.78, 5) is 27.5. The van der Waals surface area contributed by atoms with E-state index in [1.165, 1.54) is 0 Å². The highest BCUT2D eigenvalue weighted by molar-refractivity contribution is 7.99. The maximum absolute atomic E-state index is 12.5. The van der Waals surface area contributed by atoms with Gasteiger partial charge in [0.2, 0.25) is 11.8 Å². The number of thioether (sulfide) groups is 1. The van der Waals surface area contributed by atoms with Gasteiger partial charge in [-0.15, -0.1) is 11.8 Å². The van der Waals surface area contributed by atoms with Gasteiger partial charge in [0.15, 0.2) is 11.5 Å². The van der Waals surface area contributed by atoms with E-state index < -0.39 is 0 Å².